The number of piperidine rings is 1. The predicted octanol–water partition coefficient (Wildman–Crippen LogP) is 2.10. The minimum Gasteiger partial charge on any atom is -0.347 e. The van der Waals surface area contributed by atoms with Gasteiger partial charge >= 0.3 is 0 Å². The molecule has 2 aromatic rings. The van der Waals surface area contributed by atoms with E-state index in [1.165, 1.54) is 10.8 Å². The van der Waals surface area contributed by atoms with Gasteiger partial charge in [-0.2, -0.15) is 0 Å². The summed E-state index contributed by atoms with van der Waals surface area (Å²) in [5.74, 6) is 0.0586. The third-order valence-electron chi connectivity index (χ3n) is 4.35. The van der Waals surface area contributed by atoms with E-state index in [9.17, 15) is 4.79 Å². The summed E-state index contributed by atoms with van der Waals surface area (Å²) in [4.78, 5) is 12.4. The zero-order valence-electron chi connectivity index (χ0n) is 12.7. The Morgan fingerprint density at radius 2 is 2.05 bits per heavy atom. The SMILES string of the molecule is NCC(NC(=O)[C@@H]1CCCCN1)c1ccc2ccccc2c1. The Kier molecular flexibility index (Phi) is 4.71. The van der Waals surface area contributed by atoms with E-state index >= 15 is 0 Å². The second kappa shape index (κ2) is 6.90. The molecule has 1 fully saturated rings. The third kappa shape index (κ3) is 3.29. The zero-order valence-corrected chi connectivity index (χ0v) is 12.7. The molecule has 1 unspecified atom stereocenters. The molecule has 1 amide bonds. The highest BCUT2D eigenvalue weighted by molar-refractivity contribution is 5.84. The van der Waals surface area contributed by atoms with Gasteiger partial charge in [0.2, 0.25) is 5.91 Å². The Morgan fingerprint density at radius 3 is 2.77 bits per heavy atom. The average molecular weight is 297 g/mol. The van der Waals surface area contributed by atoms with E-state index < -0.39 is 0 Å². The van der Waals surface area contributed by atoms with Gasteiger partial charge in [0, 0.05) is 6.54 Å². The second-order valence-corrected chi connectivity index (χ2v) is 5.91. The van der Waals surface area contributed by atoms with E-state index in [4.69, 9.17) is 5.73 Å². The van der Waals surface area contributed by atoms with Crippen molar-refractivity contribution in [2.24, 2.45) is 5.73 Å². The van der Waals surface area contributed by atoms with Gasteiger partial charge in [0.25, 0.3) is 0 Å². The molecule has 2 aromatic carbocycles. The molecule has 1 heterocycles. The lowest BCUT2D eigenvalue weighted by Gasteiger charge is -2.25. The first-order chi connectivity index (χ1) is 10.8. The lowest BCUT2D eigenvalue weighted by molar-refractivity contribution is -0.124. The molecule has 1 saturated heterocycles. The van der Waals surface area contributed by atoms with Gasteiger partial charge in [-0.05, 0) is 41.8 Å². The molecule has 0 radical (unpaired) electrons. The Balaban J connectivity index is 1.75. The van der Waals surface area contributed by atoms with Gasteiger partial charge in [-0.1, -0.05) is 42.8 Å². The highest BCUT2D eigenvalue weighted by Gasteiger charge is 2.23. The molecule has 22 heavy (non-hydrogen) atoms. The van der Waals surface area contributed by atoms with Crippen LogP contribution in [0.25, 0.3) is 10.8 Å². The fourth-order valence-corrected chi connectivity index (χ4v) is 3.05. The second-order valence-electron chi connectivity index (χ2n) is 5.91. The van der Waals surface area contributed by atoms with Crippen LogP contribution in [0.2, 0.25) is 0 Å². The maximum absolute atomic E-state index is 12.4. The summed E-state index contributed by atoms with van der Waals surface area (Å²) in [6, 6.07) is 14.2. The Labute approximate surface area is 131 Å². The Bertz CT molecular complexity index is 650. The van der Waals surface area contributed by atoms with Crippen LogP contribution in [0.1, 0.15) is 30.9 Å². The van der Waals surface area contributed by atoms with Crippen LogP contribution in [0.3, 0.4) is 0 Å². The summed E-state index contributed by atoms with van der Waals surface area (Å²) in [6.07, 6.45) is 3.16. The van der Waals surface area contributed by atoms with Crippen molar-refractivity contribution in [2.45, 2.75) is 31.3 Å². The lowest BCUT2D eigenvalue weighted by Crippen LogP contribution is -2.48. The van der Waals surface area contributed by atoms with Crippen LogP contribution in [0.15, 0.2) is 42.5 Å². The van der Waals surface area contributed by atoms with Crippen LogP contribution in [0.5, 0.6) is 0 Å². The van der Waals surface area contributed by atoms with E-state index in [0.29, 0.717) is 6.54 Å². The number of fused-ring (bicyclic) bond motifs is 1. The summed E-state index contributed by atoms with van der Waals surface area (Å²) < 4.78 is 0. The van der Waals surface area contributed by atoms with Crippen molar-refractivity contribution >= 4 is 16.7 Å². The first-order valence-corrected chi connectivity index (χ1v) is 8.00. The molecular weight excluding hydrogens is 274 g/mol. The molecule has 4 N–H and O–H groups in total. The van der Waals surface area contributed by atoms with Gasteiger partial charge in [0.05, 0.1) is 12.1 Å². The maximum atomic E-state index is 12.4. The summed E-state index contributed by atoms with van der Waals surface area (Å²) >= 11 is 0. The van der Waals surface area contributed by atoms with Gasteiger partial charge in [0.1, 0.15) is 0 Å². The van der Waals surface area contributed by atoms with Gasteiger partial charge in [-0.15, -0.1) is 0 Å². The molecule has 1 aliphatic heterocycles. The molecule has 0 bridgehead atoms. The van der Waals surface area contributed by atoms with Crippen molar-refractivity contribution in [1.82, 2.24) is 10.6 Å². The molecule has 4 nitrogen and oxygen atoms in total. The summed E-state index contributed by atoms with van der Waals surface area (Å²) in [5.41, 5.74) is 6.95. The number of carbonyl (C=O) groups is 1. The highest BCUT2D eigenvalue weighted by Crippen LogP contribution is 2.20. The summed E-state index contributed by atoms with van der Waals surface area (Å²) in [7, 11) is 0. The van der Waals surface area contributed by atoms with Crippen LogP contribution >= 0.6 is 0 Å². The van der Waals surface area contributed by atoms with Crippen molar-refractivity contribution in [3.8, 4) is 0 Å². The monoisotopic (exact) mass is 297 g/mol. The van der Waals surface area contributed by atoms with Crippen LogP contribution in [0.4, 0.5) is 0 Å². The molecule has 116 valence electrons. The topological polar surface area (TPSA) is 67.1 Å². The van der Waals surface area contributed by atoms with E-state index in [1.54, 1.807) is 0 Å². The Morgan fingerprint density at radius 1 is 1.23 bits per heavy atom. The van der Waals surface area contributed by atoms with Crippen LogP contribution in [0, 0.1) is 0 Å². The quantitative estimate of drug-likeness (QED) is 0.809. The number of amides is 1. The zero-order chi connectivity index (χ0) is 15.4. The molecular formula is C18H23N3O. The smallest absolute Gasteiger partial charge is 0.237 e. The van der Waals surface area contributed by atoms with Crippen molar-refractivity contribution in [1.29, 1.82) is 0 Å². The molecule has 0 aliphatic carbocycles. The standard InChI is InChI=1S/C18H23N3O/c19-12-17(21-18(22)16-7-3-4-10-20-16)15-9-8-13-5-1-2-6-14(13)11-15/h1-2,5-6,8-9,11,16-17,20H,3-4,7,10,12,19H2,(H,21,22)/t16-,17?/m0/s1. The predicted molar refractivity (Wildman–Crippen MR) is 89.5 cm³/mol. The number of carbonyl (C=O) groups excluding carboxylic acids is 1. The molecule has 4 heteroatoms. The van der Waals surface area contributed by atoms with Gasteiger partial charge in [0.15, 0.2) is 0 Å². The highest BCUT2D eigenvalue weighted by atomic mass is 16.2. The molecule has 0 saturated carbocycles. The molecule has 2 atom stereocenters. The van der Waals surface area contributed by atoms with E-state index in [2.05, 4.69) is 41.0 Å². The molecule has 3 rings (SSSR count). The van der Waals surface area contributed by atoms with E-state index in [-0.39, 0.29) is 18.0 Å². The van der Waals surface area contributed by atoms with Crippen molar-refractivity contribution < 1.29 is 4.79 Å². The molecule has 1 aliphatic rings. The molecule has 0 aromatic heterocycles. The van der Waals surface area contributed by atoms with E-state index in [1.807, 2.05) is 12.1 Å². The van der Waals surface area contributed by atoms with Crippen molar-refractivity contribution in [2.75, 3.05) is 13.1 Å². The number of benzene rings is 2. The number of rotatable bonds is 4. The van der Waals surface area contributed by atoms with Crippen molar-refractivity contribution in [3.63, 3.8) is 0 Å². The first kappa shape index (κ1) is 15.0. The fourth-order valence-electron chi connectivity index (χ4n) is 3.05. The van der Waals surface area contributed by atoms with Crippen LogP contribution in [-0.4, -0.2) is 25.0 Å². The van der Waals surface area contributed by atoms with E-state index in [0.717, 1.165) is 31.4 Å². The summed E-state index contributed by atoms with van der Waals surface area (Å²) in [5, 5.41) is 8.73. The largest absolute Gasteiger partial charge is 0.347 e. The first-order valence-electron chi connectivity index (χ1n) is 8.00. The van der Waals surface area contributed by atoms with Gasteiger partial charge in [-0.25, -0.2) is 0 Å². The number of nitrogens with two attached hydrogens (primary N) is 1. The fraction of sp³-hybridized carbons (Fsp3) is 0.389. The number of nitrogens with one attached hydrogen (secondary N) is 2. The number of hydrogen-bond acceptors (Lipinski definition) is 3. The number of hydrogen-bond donors (Lipinski definition) is 3. The lowest BCUT2D eigenvalue weighted by atomic mass is 10.00. The van der Waals surface area contributed by atoms with Gasteiger partial charge in [-0.3, -0.25) is 4.79 Å². The minimum absolute atomic E-state index is 0.0586. The molecule has 0 spiro atoms. The van der Waals surface area contributed by atoms with Crippen molar-refractivity contribution in [3.05, 3.63) is 48.0 Å². The van der Waals surface area contributed by atoms with Crippen LogP contribution < -0.4 is 16.4 Å². The average Bonchev–Trinajstić information content (AvgIpc) is 2.59. The minimum atomic E-state index is -0.138. The maximum Gasteiger partial charge on any atom is 0.237 e. The van der Waals surface area contributed by atoms with Crippen LogP contribution in [-0.2, 0) is 4.79 Å². The normalized spacial score (nSPS) is 19.8. The van der Waals surface area contributed by atoms with Gasteiger partial charge < -0.3 is 16.4 Å². The summed E-state index contributed by atoms with van der Waals surface area (Å²) in [6.45, 7) is 1.32. The third-order valence-corrected chi connectivity index (χ3v) is 4.35. The Hall–Kier alpha value is -1.91.